The van der Waals surface area contributed by atoms with E-state index in [0.29, 0.717) is 0 Å². The van der Waals surface area contributed by atoms with Gasteiger partial charge in [0.25, 0.3) is 21.6 Å². The molecule has 2 N–H and O–H groups in total. The molecule has 0 saturated heterocycles. The lowest BCUT2D eigenvalue weighted by atomic mass is 10.3. The number of hydrogen-bond acceptors (Lipinski definition) is 6. The van der Waals surface area contributed by atoms with Crippen LogP contribution in [0.25, 0.3) is 0 Å². The van der Waals surface area contributed by atoms with Crippen molar-refractivity contribution in [1.29, 1.82) is 0 Å². The number of sulfonamides is 1. The fourth-order valence-electron chi connectivity index (χ4n) is 1.49. The maximum absolute atomic E-state index is 11.9. The largest absolute Gasteiger partial charge is 0.273 e. The first-order chi connectivity index (χ1) is 10.4. The highest BCUT2D eigenvalue weighted by Crippen LogP contribution is 2.15. The van der Waals surface area contributed by atoms with Crippen LogP contribution in [-0.4, -0.2) is 24.2 Å². The first-order valence-corrected chi connectivity index (χ1v) is 7.35. The number of nitro benzene ring substituents is 1. The second-order valence-corrected chi connectivity index (χ2v) is 5.73. The van der Waals surface area contributed by atoms with Crippen molar-refractivity contribution in [1.82, 2.24) is 15.2 Å². The van der Waals surface area contributed by atoms with Gasteiger partial charge in [0.2, 0.25) is 0 Å². The fraction of sp³-hybridized carbons (Fsp3) is 0. The number of hydrazine groups is 1. The summed E-state index contributed by atoms with van der Waals surface area (Å²) in [4.78, 5) is 27.0. The molecule has 1 aromatic heterocycles. The number of benzene rings is 1. The van der Waals surface area contributed by atoms with Gasteiger partial charge in [-0.2, -0.15) is 0 Å². The van der Waals surface area contributed by atoms with Crippen LogP contribution < -0.4 is 10.3 Å². The Morgan fingerprint density at radius 3 is 2.41 bits per heavy atom. The molecule has 0 fully saturated rings. The molecule has 0 bridgehead atoms. The van der Waals surface area contributed by atoms with Crippen molar-refractivity contribution in [2.75, 3.05) is 0 Å². The number of nitrogens with zero attached hydrogens (tertiary/aromatic N) is 2. The van der Waals surface area contributed by atoms with Gasteiger partial charge in [-0.1, -0.05) is 0 Å². The number of carbonyl (C=O) groups is 1. The van der Waals surface area contributed by atoms with Gasteiger partial charge < -0.3 is 0 Å². The smallest absolute Gasteiger partial charge is 0.269 e. The van der Waals surface area contributed by atoms with Crippen molar-refractivity contribution in [3.8, 4) is 0 Å². The molecule has 22 heavy (non-hydrogen) atoms. The molecule has 0 unspecified atom stereocenters. The zero-order valence-electron chi connectivity index (χ0n) is 11.0. The van der Waals surface area contributed by atoms with E-state index in [2.05, 4.69) is 4.98 Å². The topological polar surface area (TPSA) is 131 Å². The summed E-state index contributed by atoms with van der Waals surface area (Å²) in [7, 11) is -4.03. The van der Waals surface area contributed by atoms with Gasteiger partial charge in [-0.15, -0.1) is 4.83 Å². The maximum Gasteiger partial charge on any atom is 0.269 e. The number of hydrogen-bond donors (Lipinski definition) is 2. The van der Waals surface area contributed by atoms with Crippen LogP contribution in [0, 0.1) is 10.1 Å². The number of aromatic nitrogens is 1. The summed E-state index contributed by atoms with van der Waals surface area (Å²) in [6, 6.07) is 7.23. The maximum atomic E-state index is 11.9. The summed E-state index contributed by atoms with van der Waals surface area (Å²) >= 11 is 0. The summed E-state index contributed by atoms with van der Waals surface area (Å²) < 4.78 is 23.9. The normalized spacial score (nSPS) is 10.9. The molecule has 1 amide bonds. The number of rotatable bonds is 5. The SMILES string of the molecule is O=C(NNS(=O)(=O)c1ccc([N+](=O)[O-])cc1)c1cccnc1. The molecule has 0 aliphatic rings. The van der Waals surface area contributed by atoms with Gasteiger partial charge in [0.15, 0.2) is 0 Å². The number of nitrogens with one attached hydrogen (secondary N) is 2. The predicted molar refractivity (Wildman–Crippen MR) is 75.1 cm³/mol. The van der Waals surface area contributed by atoms with Crippen molar-refractivity contribution >= 4 is 21.6 Å². The molecule has 2 rings (SSSR count). The van der Waals surface area contributed by atoms with E-state index in [1.165, 1.54) is 24.5 Å². The Morgan fingerprint density at radius 1 is 1.18 bits per heavy atom. The molecular weight excluding hydrogens is 312 g/mol. The van der Waals surface area contributed by atoms with E-state index in [4.69, 9.17) is 0 Å². The molecule has 1 aromatic carbocycles. The van der Waals surface area contributed by atoms with E-state index >= 15 is 0 Å². The average molecular weight is 322 g/mol. The van der Waals surface area contributed by atoms with Gasteiger partial charge in [-0.25, -0.2) is 8.42 Å². The Balaban J connectivity index is 2.08. The zero-order valence-corrected chi connectivity index (χ0v) is 11.8. The average Bonchev–Trinajstić information content (AvgIpc) is 2.53. The highest BCUT2D eigenvalue weighted by molar-refractivity contribution is 7.89. The third-order valence-corrected chi connectivity index (χ3v) is 3.84. The molecular formula is C12H10N4O5S. The molecule has 2 aromatic rings. The lowest BCUT2D eigenvalue weighted by molar-refractivity contribution is -0.384. The number of amides is 1. The highest BCUT2D eigenvalue weighted by atomic mass is 32.2. The summed E-state index contributed by atoms with van der Waals surface area (Å²) in [6.07, 6.45) is 2.74. The first kappa shape index (κ1) is 15.5. The van der Waals surface area contributed by atoms with Crippen LogP contribution in [0.4, 0.5) is 5.69 Å². The van der Waals surface area contributed by atoms with Crippen LogP contribution in [0.5, 0.6) is 0 Å². The minimum atomic E-state index is -4.03. The molecule has 0 spiro atoms. The van der Waals surface area contributed by atoms with Gasteiger partial charge in [-0.05, 0) is 24.3 Å². The molecule has 0 saturated carbocycles. The van der Waals surface area contributed by atoms with E-state index in [1.54, 1.807) is 0 Å². The molecule has 1 heterocycles. The lowest BCUT2D eigenvalue weighted by Crippen LogP contribution is -2.41. The molecule has 9 nitrogen and oxygen atoms in total. The second-order valence-electron chi connectivity index (χ2n) is 4.05. The monoisotopic (exact) mass is 322 g/mol. The number of non-ortho nitro benzene ring substituents is 1. The van der Waals surface area contributed by atoms with Crippen molar-refractivity contribution in [2.45, 2.75) is 4.90 Å². The molecule has 114 valence electrons. The van der Waals surface area contributed by atoms with E-state index < -0.39 is 20.9 Å². The summed E-state index contributed by atoms with van der Waals surface area (Å²) in [6.45, 7) is 0. The Kier molecular flexibility index (Phi) is 4.44. The summed E-state index contributed by atoms with van der Waals surface area (Å²) in [5, 5.41) is 10.5. The van der Waals surface area contributed by atoms with Gasteiger partial charge in [0.05, 0.1) is 15.4 Å². The van der Waals surface area contributed by atoms with Crippen LogP contribution in [0.2, 0.25) is 0 Å². The van der Waals surface area contributed by atoms with Gasteiger partial charge in [0, 0.05) is 24.5 Å². The quantitative estimate of drug-likeness (QED) is 0.612. The van der Waals surface area contributed by atoms with Crippen molar-refractivity contribution in [3.63, 3.8) is 0 Å². The van der Waals surface area contributed by atoms with Crippen LogP contribution in [0.15, 0.2) is 53.7 Å². The third kappa shape index (κ3) is 3.62. The van der Waals surface area contributed by atoms with Crippen molar-refractivity contribution in [3.05, 3.63) is 64.5 Å². The first-order valence-electron chi connectivity index (χ1n) is 5.87. The van der Waals surface area contributed by atoms with E-state index in [1.807, 2.05) is 10.3 Å². The van der Waals surface area contributed by atoms with Gasteiger partial charge in [-0.3, -0.25) is 25.3 Å². The molecule has 0 radical (unpaired) electrons. The van der Waals surface area contributed by atoms with Crippen LogP contribution in [0.1, 0.15) is 10.4 Å². The van der Waals surface area contributed by atoms with E-state index in [9.17, 15) is 23.3 Å². The minimum absolute atomic E-state index is 0.175. The summed E-state index contributed by atoms with van der Waals surface area (Å²) in [5.41, 5.74) is 1.96. The van der Waals surface area contributed by atoms with Gasteiger partial charge >= 0.3 is 0 Å². The standard InChI is InChI=1S/C12H10N4O5S/c17-12(9-2-1-7-13-8-9)14-15-22(20,21)11-5-3-10(4-6-11)16(18)19/h1-8,15H,(H,14,17). The molecule has 10 heteroatoms. The molecule has 0 atom stereocenters. The van der Waals surface area contributed by atoms with Gasteiger partial charge in [0.1, 0.15) is 0 Å². The predicted octanol–water partition coefficient (Wildman–Crippen LogP) is 0.613. The van der Waals surface area contributed by atoms with Crippen molar-refractivity contribution < 1.29 is 18.1 Å². The molecule has 0 aliphatic carbocycles. The van der Waals surface area contributed by atoms with Crippen LogP contribution in [-0.2, 0) is 10.0 Å². The second kappa shape index (κ2) is 6.28. The summed E-state index contributed by atoms with van der Waals surface area (Å²) in [5.74, 6) is -0.682. The Hall–Kier alpha value is -2.85. The van der Waals surface area contributed by atoms with Crippen LogP contribution >= 0.6 is 0 Å². The van der Waals surface area contributed by atoms with Crippen molar-refractivity contribution in [2.24, 2.45) is 0 Å². The van der Waals surface area contributed by atoms with E-state index in [-0.39, 0.29) is 16.1 Å². The fourth-order valence-corrected chi connectivity index (χ4v) is 2.33. The lowest BCUT2D eigenvalue weighted by Gasteiger charge is -2.08. The Labute approximate surface area is 125 Å². The number of carbonyl (C=O) groups excluding carboxylic acids is 1. The number of nitro groups is 1. The van der Waals surface area contributed by atoms with Crippen LogP contribution in [0.3, 0.4) is 0 Å². The number of pyridine rings is 1. The minimum Gasteiger partial charge on any atom is -0.273 e. The Morgan fingerprint density at radius 2 is 1.86 bits per heavy atom. The third-order valence-electron chi connectivity index (χ3n) is 2.58. The highest BCUT2D eigenvalue weighted by Gasteiger charge is 2.17. The van der Waals surface area contributed by atoms with E-state index in [0.717, 1.165) is 24.3 Å². The Bertz CT molecular complexity index is 790. The molecule has 0 aliphatic heterocycles. The zero-order chi connectivity index (χ0) is 16.2.